The minimum absolute atomic E-state index is 0.0552. The van der Waals surface area contributed by atoms with E-state index in [4.69, 9.17) is 19.0 Å². The molecule has 1 aromatic carbocycles. The van der Waals surface area contributed by atoms with Gasteiger partial charge < -0.3 is 19.0 Å². The summed E-state index contributed by atoms with van der Waals surface area (Å²) >= 11 is 0. The summed E-state index contributed by atoms with van der Waals surface area (Å²) in [6.07, 6.45) is -1.13. The van der Waals surface area contributed by atoms with Crippen LogP contribution >= 0.6 is 0 Å². The summed E-state index contributed by atoms with van der Waals surface area (Å²) in [5, 5.41) is 18.5. The second kappa shape index (κ2) is 12.2. The summed E-state index contributed by atoms with van der Waals surface area (Å²) in [5.74, 6) is -0.359. The van der Waals surface area contributed by atoms with Gasteiger partial charge >= 0.3 is 6.09 Å². The molecule has 2 aromatic heterocycles. The smallest absolute Gasteiger partial charge is 0.413 e. The molecule has 0 saturated heterocycles. The fourth-order valence-corrected chi connectivity index (χ4v) is 3.33. The molecule has 0 spiro atoms. The van der Waals surface area contributed by atoms with Crippen LogP contribution in [0.1, 0.15) is 37.9 Å². The highest BCUT2D eigenvalue weighted by molar-refractivity contribution is 6.10. The van der Waals surface area contributed by atoms with E-state index in [1.54, 1.807) is 53.3 Å². The van der Waals surface area contributed by atoms with Crippen molar-refractivity contribution in [2.75, 3.05) is 19.5 Å². The molecule has 0 saturated carbocycles. The Morgan fingerprint density at radius 1 is 1.11 bits per heavy atom. The fourth-order valence-electron chi connectivity index (χ4n) is 3.33. The number of methoxy groups -OCH3 is 2. The van der Waals surface area contributed by atoms with E-state index < -0.39 is 18.0 Å². The van der Waals surface area contributed by atoms with Crippen molar-refractivity contribution < 1.29 is 23.8 Å². The lowest BCUT2D eigenvalue weighted by molar-refractivity contribution is -0.237. The molecule has 192 valence electrons. The maximum atomic E-state index is 12.4. The first-order valence-electron chi connectivity index (χ1n) is 11.3. The Kier molecular flexibility index (Phi) is 9.03. The highest BCUT2D eigenvalue weighted by atomic mass is 16.7. The van der Waals surface area contributed by atoms with Gasteiger partial charge in [-0.15, -0.1) is 5.10 Å². The number of hydrogen-bond donors (Lipinski definition) is 1. The molecule has 0 aliphatic heterocycles. The molecule has 12 heteroatoms. The zero-order valence-electron chi connectivity index (χ0n) is 21.2. The number of oxime groups is 1. The summed E-state index contributed by atoms with van der Waals surface area (Å²) in [7, 11) is 4.80. The third kappa shape index (κ3) is 6.61. The average Bonchev–Trinajstić information content (AvgIpc) is 3.31. The first-order valence-corrected chi connectivity index (χ1v) is 11.3. The van der Waals surface area contributed by atoms with Gasteiger partial charge in [0.05, 0.1) is 5.69 Å². The zero-order valence-corrected chi connectivity index (χ0v) is 21.2. The first-order chi connectivity index (χ1) is 17.3. The standard InChI is InChI=1S/C24H31N7O5/c1-16(24(3,33-5)34-6)17(2)36-23(32)26-20-14-10-13-19(25-20)15-35-28-21(18-11-8-7-9-12-18)22-27-29-30-31(22)4/h7-14,16-17H,15H2,1-6H3,(H,25,26,32)/b28-21-. The van der Waals surface area contributed by atoms with Gasteiger partial charge in [0, 0.05) is 32.7 Å². The van der Waals surface area contributed by atoms with Crippen LogP contribution in [0.25, 0.3) is 0 Å². The zero-order chi connectivity index (χ0) is 26.1. The SMILES string of the molecule is COC(C)(OC)C(C)C(C)OC(=O)Nc1cccc(CO/N=C(/c2ccccc2)c2nnnn2C)n1. The van der Waals surface area contributed by atoms with Crippen molar-refractivity contribution in [3.63, 3.8) is 0 Å². The number of anilines is 1. The molecule has 0 aliphatic carbocycles. The molecule has 3 aromatic rings. The molecule has 0 fully saturated rings. The van der Waals surface area contributed by atoms with E-state index in [0.717, 1.165) is 5.56 Å². The first kappa shape index (κ1) is 26.7. The number of pyridine rings is 1. The lowest BCUT2D eigenvalue weighted by atomic mass is 9.96. The highest BCUT2D eigenvalue weighted by Gasteiger charge is 2.36. The van der Waals surface area contributed by atoms with Crippen molar-refractivity contribution in [2.45, 2.75) is 39.3 Å². The van der Waals surface area contributed by atoms with E-state index >= 15 is 0 Å². The van der Waals surface area contributed by atoms with Gasteiger partial charge in [-0.3, -0.25) is 5.32 Å². The van der Waals surface area contributed by atoms with Crippen LogP contribution in [0.15, 0.2) is 53.7 Å². The van der Waals surface area contributed by atoms with Crippen molar-refractivity contribution in [1.29, 1.82) is 0 Å². The predicted molar refractivity (Wildman–Crippen MR) is 131 cm³/mol. The van der Waals surface area contributed by atoms with Crippen LogP contribution in [0.4, 0.5) is 10.6 Å². The van der Waals surface area contributed by atoms with Gasteiger partial charge in [0.2, 0.25) is 5.82 Å². The van der Waals surface area contributed by atoms with Gasteiger partial charge in [-0.25, -0.2) is 14.5 Å². The minimum atomic E-state index is -0.893. The summed E-state index contributed by atoms with van der Waals surface area (Å²) in [6.45, 7) is 5.49. The quantitative estimate of drug-likeness (QED) is 0.241. The number of ether oxygens (including phenoxy) is 3. The Bertz CT molecular complexity index is 1160. The van der Waals surface area contributed by atoms with Gasteiger partial charge in [-0.2, -0.15) is 0 Å². The van der Waals surface area contributed by atoms with E-state index in [1.807, 2.05) is 37.3 Å². The molecule has 12 nitrogen and oxygen atoms in total. The van der Waals surface area contributed by atoms with Crippen LogP contribution < -0.4 is 5.32 Å². The Balaban J connectivity index is 1.64. The maximum absolute atomic E-state index is 12.4. The molecule has 1 amide bonds. The monoisotopic (exact) mass is 497 g/mol. The molecule has 1 N–H and O–H groups in total. The number of carbonyl (C=O) groups is 1. The molecule has 0 radical (unpaired) electrons. The number of nitrogens with one attached hydrogen (secondary N) is 1. The third-order valence-corrected chi connectivity index (χ3v) is 5.92. The molecule has 0 aliphatic rings. The minimum Gasteiger partial charge on any atom is -0.446 e. The molecule has 2 atom stereocenters. The van der Waals surface area contributed by atoms with Crippen molar-refractivity contribution >= 4 is 17.6 Å². The van der Waals surface area contributed by atoms with Crippen molar-refractivity contribution in [3.05, 3.63) is 65.6 Å². The molecule has 0 bridgehead atoms. The third-order valence-electron chi connectivity index (χ3n) is 5.92. The Labute approximate surface area is 209 Å². The molecule has 36 heavy (non-hydrogen) atoms. The number of aryl methyl sites for hydroxylation is 1. The van der Waals surface area contributed by atoms with Crippen LogP contribution in [0.3, 0.4) is 0 Å². The van der Waals surface area contributed by atoms with E-state index in [1.165, 1.54) is 4.68 Å². The van der Waals surface area contributed by atoms with E-state index in [2.05, 4.69) is 31.0 Å². The Morgan fingerprint density at radius 3 is 2.47 bits per heavy atom. The average molecular weight is 498 g/mol. The van der Waals surface area contributed by atoms with E-state index in [9.17, 15) is 4.79 Å². The molecular weight excluding hydrogens is 466 g/mol. The van der Waals surface area contributed by atoms with Crippen LogP contribution in [0.2, 0.25) is 0 Å². The second-order valence-corrected chi connectivity index (χ2v) is 8.17. The lowest BCUT2D eigenvalue weighted by Gasteiger charge is -2.35. The number of rotatable bonds is 11. The molecular formula is C24H31N7O5. The lowest BCUT2D eigenvalue weighted by Crippen LogP contribution is -2.44. The van der Waals surface area contributed by atoms with Crippen molar-refractivity contribution in [3.8, 4) is 0 Å². The number of amides is 1. The largest absolute Gasteiger partial charge is 0.446 e. The van der Waals surface area contributed by atoms with E-state index in [-0.39, 0.29) is 12.5 Å². The van der Waals surface area contributed by atoms with Crippen LogP contribution in [0, 0.1) is 5.92 Å². The maximum Gasteiger partial charge on any atom is 0.413 e. The number of aromatic nitrogens is 5. The summed E-state index contributed by atoms with van der Waals surface area (Å²) in [4.78, 5) is 22.4. The van der Waals surface area contributed by atoms with Gasteiger partial charge in [0.15, 0.2) is 18.1 Å². The Hall–Kier alpha value is -3.90. The van der Waals surface area contributed by atoms with Gasteiger partial charge in [0.1, 0.15) is 11.9 Å². The summed E-state index contributed by atoms with van der Waals surface area (Å²) in [5.41, 5.74) is 1.82. The molecule has 2 unspecified atom stereocenters. The van der Waals surface area contributed by atoms with Gasteiger partial charge in [-0.1, -0.05) is 48.5 Å². The number of tetrazole rings is 1. The van der Waals surface area contributed by atoms with E-state index in [0.29, 0.717) is 23.0 Å². The summed E-state index contributed by atoms with van der Waals surface area (Å²) < 4.78 is 17.8. The predicted octanol–water partition coefficient (Wildman–Crippen LogP) is 3.16. The van der Waals surface area contributed by atoms with Gasteiger partial charge in [-0.05, 0) is 36.4 Å². The highest BCUT2D eigenvalue weighted by Crippen LogP contribution is 2.26. The molecule has 2 heterocycles. The van der Waals surface area contributed by atoms with Crippen LogP contribution in [-0.2, 0) is 32.7 Å². The molecule has 3 rings (SSSR count). The second-order valence-electron chi connectivity index (χ2n) is 8.17. The topological polar surface area (TPSA) is 135 Å². The normalized spacial score (nSPS) is 13.7. The number of nitrogens with zero attached hydrogens (tertiary/aromatic N) is 6. The summed E-state index contributed by atoms with van der Waals surface area (Å²) in [6, 6.07) is 14.6. The van der Waals surface area contributed by atoms with Crippen LogP contribution in [-0.4, -0.2) is 63.1 Å². The number of hydrogen-bond acceptors (Lipinski definition) is 10. The van der Waals surface area contributed by atoms with Crippen molar-refractivity contribution in [2.24, 2.45) is 18.1 Å². The Morgan fingerprint density at radius 2 is 1.83 bits per heavy atom. The fraction of sp³-hybridized carbons (Fsp3) is 0.417. The van der Waals surface area contributed by atoms with Gasteiger partial charge in [0.25, 0.3) is 0 Å². The van der Waals surface area contributed by atoms with Crippen molar-refractivity contribution in [1.82, 2.24) is 25.2 Å². The number of benzene rings is 1. The number of carbonyl (C=O) groups excluding carboxylic acids is 1. The van der Waals surface area contributed by atoms with Crippen LogP contribution in [0.5, 0.6) is 0 Å².